The Balaban J connectivity index is 1.72. The number of nitro groups is 2. The Hall–Kier alpha value is -3.60. The third kappa shape index (κ3) is 4.20. The van der Waals surface area contributed by atoms with Crippen molar-refractivity contribution in [1.82, 2.24) is 9.78 Å². The summed E-state index contributed by atoms with van der Waals surface area (Å²) < 4.78 is 7.13. The Bertz CT molecular complexity index is 1100. The Morgan fingerprint density at radius 2 is 1.93 bits per heavy atom. The van der Waals surface area contributed by atoms with E-state index in [4.69, 9.17) is 4.42 Å². The summed E-state index contributed by atoms with van der Waals surface area (Å²) in [5, 5.41) is 25.6. The predicted molar refractivity (Wildman–Crippen MR) is 101 cm³/mol. The second-order valence-corrected chi connectivity index (χ2v) is 6.39. The molecule has 2 heterocycles. The minimum absolute atomic E-state index is 0.0239. The van der Waals surface area contributed by atoms with Crippen LogP contribution in [0.3, 0.4) is 0 Å². The largest absolute Gasteiger partial charge is 0.460 e. The van der Waals surface area contributed by atoms with Crippen LogP contribution in [0.15, 0.2) is 57.6 Å². The van der Waals surface area contributed by atoms with E-state index in [1.165, 1.54) is 41.2 Å². The van der Waals surface area contributed by atoms with E-state index in [9.17, 15) is 25.0 Å². The molecule has 0 fully saturated rings. The van der Waals surface area contributed by atoms with Crippen molar-refractivity contribution < 1.29 is 19.1 Å². The van der Waals surface area contributed by atoms with E-state index in [2.05, 4.69) is 21.0 Å². The average molecular weight is 447 g/mol. The van der Waals surface area contributed by atoms with E-state index < -0.39 is 15.6 Å². The molecule has 0 unspecified atom stereocenters. The molecule has 28 heavy (non-hydrogen) atoms. The van der Waals surface area contributed by atoms with Gasteiger partial charge in [0.05, 0.1) is 21.8 Å². The highest BCUT2D eigenvalue weighted by Gasteiger charge is 2.19. The molecule has 0 aliphatic heterocycles. The van der Waals surface area contributed by atoms with Crippen LogP contribution in [0.2, 0.25) is 0 Å². The minimum Gasteiger partial charge on any atom is -0.460 e. The van der Waals surface area contributed by atoms with Gasteiger partial charge in [0.25, 0.3) is 5.69 Å². The van der Waals surface area contributed by atoms with E-state index in [1.807, 2.05) is 0 Å². The van der Waals surface area contributed by atoms with Crippen LogP contribution in [0.25, 0.3) is 6.08 Å². The number of nitrogens with zero attached hydrogens (tertiary/aromatic N) is 4. The van der Waals surface area contributed by atoms with Crippen molar-refractivity contribution in [3.63, 3.8) is 0 Å². The molecular weight excluding hydrogens is 436 g/mol. The number of hydrogen-bond donors (Lipinski definition) is 0. The van der Waals surface area contributed by atoms with Gasteiger partial charge in [0.1, 0.15) is 22.5 Å². The lowest BCUT2D eigenvalue weighted by atomic mass is 10.1. The summed E-state index contributed by atoms with van der Waals surface area (Å²) in [6.07, 6.45) is 4.03. The molecule has 2 aromatic heterocycles. The fraction of sp³-hybridized carbons (Fsp3) is 0.0588. The zero-order chi connectivity index (χ0) is 20.3. The van der Waals surface area contributed by atoms with Gasteiger partial charge in [-0.2, -0.15) is 4.68 Å². The van der Waals surface area contributed by atoms with Gasteiger partial charge < -0.3 is 14.5 Å². The Labute approximate surface area is 165 Å². The van der Waals surface area contributed by atoms with Crippen molar-refractivity contribution in [2.24, 2.45) is 0 Å². The standard InChI is InChI=1S/C17H11BrN4O6/c18-14-10-20(19-17(14)22(26)27)9-12-6-5-11(28-12)7-8-16(23)13-3-1-2-4-15(13)21(24)25/h1-8,10H,9H2/b8-7+. The first-order valence-electron chi connectivity index (χ1n) is 7.77. The molecular formula is C17H11BrN4O6. The second-order valence-electron chi connectivity index (χ2n) is 5.53. The van der Waals surface area contributed by atoms with E-state index in [-0.39, 0.29) is 28.1 Å². The lowest BCUT2D eigenvalue weighted by Gasteiger charge is -1.97. The predicted octanol–water partition coefficient (Wildman–Crippen LogP) is 4.00. The number of benzene rings is 1. The molecule has 3 aromatic rings. The van der Waals surface area contributed by atoms with Crippen LogP contribution in [0.1, 0.15) is 21.9 Å². The van der Waals surface area contributed by atoms with Crippen LogP contribution >= 0.6 is 15.9 Å². The average Bonchev–Trinajstić information content (AvgIpc) is 3.26. The molecule has 0 radical (unpaired) electrons. The van der Waals surface area contributed by atoms with Gasteiger partial charge >= 0.3 is 5.82 Å². The molecule has 3 rings (SSSR count). The number of halogens is 1. The van der Waals surface area contributed by atoms with Crippen LogP contribution in [0.4, 0.5) is 11.5 Å². The summed E-state index contributed by atoms with van der Waals surface area (Å²) in [5.41, 5.74) is -0.299. The first-order chi connectivity index (χ1) is 13.3. The molecule has 0 saturated carbocycles. The number of carbonyl (C=O) groups is 1. The van der Waals surface area contributed by atoms with Gasteiger partial charge in [-0.25, -0.2) is 0 Å². The van der Waals surface area contributed by atoms with Gasteiger partial charge in [0.15, 0.2) is 5.78 Å². The minimum atomic E-state index is -0.618. The number of nitro benzene ring substituents is 1. The number of aromatic nitrogens is 2. The molecule has 0 atom stereocenters. The summed E-state index contributed by atoms with van der Waals surface area (Å²) in [6, 6.07) is 8.90. The number of rotatable bonds is 7. The van der Waals surface area contributed by atoms with Gasteiger partial charge in [-0.3, -0.25) is 14.9 Å². The Kier molecular flexibility index (Phi) is 5.45. The molecule has 0 amide bonds. The fourth-order valence-electron chi connectivity index (χ4n) is 2.41. The summed E-state index contributed by atoms with van der Waals surface area (Å²) in [5.74, 6) is -0.0241. The molecule has 0 saturated heterocycles. The van der Waals surface area contributed by atoms with Crippen molar-refractivity contribution in [2.45, 2.75) is 6.54 Å². The SMILES string of the molecule is O=C(/C=C/c1ccc(Cn2cc(Br)c([N+](=O)[O-])n2)o1)c1ccccc1[N+](=O)[O-]. The summed E-state index contributed by atoms with van der Waals surface area (Å²) in [6.45, 7) is 0.151. The van der Waals surface area contributed by atoms with E-state index in [1.54, 1.807) is 18.2 Å². The maximum Gasteiger partial charge on any atom is 0.404 e. The highest BCUT2D eigenvalue weighted by molar-refractivity contribution is 9.10. The summed E-state index contributed by atoms with van der Waals surface area (Å²) in [4.78, 5) is 32.8. The Morgan fingerprint density at radius 1 is 1.18 bits per heavy atom. The highest BCUT2D eigenvalue weighted by atomic mass is 79.9. The van der Waals surface area contributed by atoms with Gasteiger partial charge in [-0.15, -0.1) is 0 Å². The van der Waals surface area contributed by atoms with Gasteiger partial charge in [0.2, 0.25) is 0 Å². The van der Waals surface area contributed by atoms with Crippen molar-refractivity contribution >= 4 is 39.3 Å². The third-order valence-electron chi connectivity index (χ3n) is 3.64. The summed E-state index contributed by atoms with van der Waals surface area (Å²) >= 11 is 3.06. The van der Waals surface area contributed by atoms with E-state index in [0.717, 1.165) is 0 Å². The molecule has 0 bridgehead atoms. The number of para-hydroxylation sites is 1. The molecule has 0 spiro atoms. The molecule has 0 aliphatic carbocycles. The van der Waals surface area contributed by atoms with Crippen LogP contribution in [-0.2, 0) is 6.54 Å². The van der Waals surface area contributed by atoms with Gasteiger partial charge in [-0.05, 0) is 51.2 Å². The zero-order valence-corrected chi connectivity index (χ0v) is 15.6. The Morgan fingerprint density at radius 3 is 2.61 bits per heavy atom. The number of hydrogen-bond acceptors (Lipinski definition) is 7. The first kappa shape index (κ1) is 19.2. The maximum atomic E-state index is 12.2. The smallest absolute Gasteiger partial charge is 0.404 e. The van der Waals surface area contributed by atoms with Crippen LogP contribution in [0.5, 0.6) is 0 Å². The third-order valence-corrected chi connectivity index (χ3v) is 4.20. The first-order valence-corrected chi connectivity index (χ1v) is 8.56. The maximum absolute atomic E-state index is 12.2. The number of allylic oxidation sites excluding steroid dienone is 1. The molecule has 10 nitrogen and oxygen atoms in total. The van der Waals surface area contributed by atoms with Gasteiger partial charge in [0, 0.05) is 6.07 Å². The number of furan rings is 1. The highest BCUT2D eigenvalue weighted by Crippen LogP contribution is 2.23. The van der Waals surface area contributed by atoms with E-state index >= 15 is 0 Å². The number of carbonyl (C=O) groups excluding carboxylic acids is 1. The van der Waals surface area contributed by atoms with Crippen LogP contribution in [0, 0.1) is 20.2 Å². The molecule has 0 N–H and O–H groups in total. The molecule has 142 valence electrons. The monoisotopic (exact) mass is 446 g/mol. The van der Waals surface area contributed by atoms with Crippen LogP contribution < -0.4 is 0 Å². The van der Waals surface area contributed by atoms with Crippen LogP contribution in [-0.4, -0.2) is 25.4 Å². The lowest BCUT2D eigenvalue weighted by molar-refractivity contribution is -0.390. The molecule has 11 heteroatoms. The van der Waals surface area contributed by atoms with Crippen molar-refractivity contribution in [3.8, 4) is 0 Å². The fourth-order valence-corrected chi connectivity index (χ4v) is 2.87. The quantitative estimate of drug-likeness (QED) is 0.231. The topological polar surface area (TPSA) is 134 Å². The lowest BCUT2D eigenvalue weighted by Crippen LogP contribution is -2.00. The van der Waals surface area contributed by atoms with Crippen molar-refractivity contribution in [3.05, 3.63) is 90.5 Å². The molecule has 1 aromatic carbocycles. The second kappa shape index (κ2) is 7.96. The van der Waals surface area contributed by atoms with Crippen molar-refractivity contribution in [1.29, 1.82) is 0 Å². The molecule has 0 aliphatic rings. The van der Waals surface area contributed by atoms with Gasteiger partial charge in [-0.1, -0.05) is 12.1 Å². The van der Waals surface area contributed by atoms with E-state index in [0.29, 0.717) is 11.5 Å². The zero-order valence-electron chi connectivity index (χ0n) is 14.0. The normalized spacial score (nSPS) is 11.0. The van der Waals surface area contributed by atoms with Crippen molar-refractivity contribution in [2.75, 3.05) is 0 Å². The summed E-state index contributed by atoms with van der Waals surface area (Å²) in [7, 11) is 0. The number of ketones is 1.